The molecule has 0 aliphatic heterocycles. The predicted octanol–water partition coefficient (Wildman–Crippen LogP) is 3.53. The van der Waals surface area contributed by atoms with Crippen molar-refractivity contribution in [3.05, 3.63) is 35.4 Å². The Labute approximate surface area is 173 Å². The summed E-state index contributed by atoms with van der Waals surface area (Å²) >= 11 is 0. The number of amides is 2. The normalized spacial score (nSPS) is 30.6. The smallest absolute Gasteiger partial charge is 0.243 e. The Morgan fingerprint density at radius 3 is 2.31 bits per heavy atom. The molecule has 0 heterocycles. The van der Waals surface area contributed by atoms with Crippen LogP contribution < -0.4 is 10.6 Å². The maximum absolute atomic E-state index is 13.3. The predicted molar refractivity (Wildman–Crippen MR) is 110 cm³/mol. The molecule has 0 aromatic heterocycles. The largest absolute Gasteiger partial charge is 0.350 e. The van der Waals surface area contributed by atoms with Gasteiger partial charge in [-0.1, -0.05) is 26.0 Å². The number of nitrogens with zero attached hydrogens (tertiary/aromatic N) is 1. The van der Waals surface area contributed by atoms with Crippen molar-refractivity contribution in [2.75, 3.05) is 0 Å². The highest BCUT2D eigenvalue weighted by Gasteiger charge is 2.55. The third-order valence-corrected chi connectivity index (χ3v) is 7.28. The highest BCUT2D eigenvalue weighted by atomic mass is 16.2. The fourth-order valence-corrected chi connectivity index (χ4v) is 6.27. The van der Waals surface area contributed by atoms with Crippen LogP contribution in [0, 0.1) is 40.4 Å². The Morgan fingerprint density at radius 1 is 1.14 bits per heavy atom. The number of hydrogen-bond donors (Lipinski definition) is 2. The molecule has 4 saturated carbocycles. The van der Waals surface area contributed by atoms with E-state index in [0.29, 0.717) is 29.9 Å². The lowest BCUT2D eigenvalue weighted by Crippen LogP contribution is -2.58. The standard InChI is InChI=1S/C24H31N3O2/c1-15(2)21(22(28)26-14-17-5-3-4-16(6-17)13-25)27-23(29)24-10-18-7-19(11-24)9-20(8-18)12-24/h3-6,15,18-21H,7-12,14H2,1-2H3,(H,26,28)(H,27,29). The van der Waals surface area contributed by atoms with E-state index in [9.17, 15) is 9.59 Å². The fourth-order valence-electron chi connectivity index (χ4n) is 6.27. The van der Waals surface area contributed by atoms with E-state index in [1.807, 2.05) is 26.0 Å². The van der Waals surface area contributed by atoms with Gasteiger partial charge in [-0.15, -0.1) is 0 Å². The average molecular weight is 394 g/mol. The minimum Gasteiger partial charge on any atom is -0.350 e. The monoisotopic (exact) mass is 393 g/mol. The first-order valence-corrected chi connectivity index (χ1v) is 11.0. The maximum atomic E-state index is 13.3. The van der Waals surface area contributed by atoms with Gasteiger partial charge in [0.1, 0.15) is 6.04 Å². The van der Waals surface area contributed by atoms with Crippen molar-refractivity contribution in [2.24, 2.45) is 29.1 Å². The summed E-state index contributed by atoms with van der Waals surface area (Å²) in [7, 11) is 0. The first kappa shape index (κ1) is 19.9. The first-order chi connectivity index (χ1) is 13.9. The molecule has 4 aliphatic carbocycles. The zero-order chi connectivity index (χ0) is 20.6. The van der Waals surface area contributed by atoms with Gasteiger partial charge in [0, 0.05) is 12.0 Å². The topological polar surface area (TPSA) is 82.0 Å². The highest BCUT2D eigenvalue weighted by molar-refractivity contribution is 5.90. The van der Waals surface area contributed by atoms with Crippen LogP contribution in [-0.4, -0.2) is 17.9 Å². The fraction of sp³-hybridized carbons (Fsp3) is 0.625. The van der Waals surface area contributed by atoms with Crippen molar-refractivity contribution < 1.29 is 9.59 Å². The SMILES string of the molecule is CC(C)C(NC(=O)C12CC3CC(CC(C3)C1)C2)C(=O)NCc1cccc(C#N)c1. The van der Waals surface area contributed by atoms with Crippen molar-refractivity contribution in [3.8, 4) is 6.07 Å². The van der Waals surface area contributed by atoms with E-state index in [1.54, 1.807) is 12.1 Å². The number of nitriles is 1. The second-order valence-electron chi connectivity index (χ2n) is 9.92. The number of carbonyl (C=O) groups is 2. The molecule has 4 aliphatic rings. The molecule has 0 saturated heterocycles. The molecule has 2 N–H and O–H groups in total. The summed E-state index contributed by atoms with van der Waals surface area (Å²) in [4.78, 5) is 26.2. The van der Waals surface area contributed by atoms with E-state index in [2.05, 4.69) is 16.7 Å². The van der Waals surface area contributed by atoms with E-state index >= 15 is 0 Å². The molecule has 1 unspecified atom stereocenters. The summed E-state index contributed by atoms with van der Waals surface area (Å²) in [6.45, 7) is 4.30. The summed E-state index contributed by atoms with van der Waals surface area (Å²) in [5, 5.41) is 15.1. The zero-order valence-corrected chi connectivity index (χ0v) is 17.4. The molecular formula is C24H31N3O2. The molecule has 4 fully saturated rings. The van der Waals surface area contributed by atoms with Gasteiger partial charge in [-0.2, -0.15) is 5.26 Å². The molecule has 5 heteroatoms. The zero-order valence-electron chi connectivity index (χ0n) is 17.4. The summed E-state index contributed by atoms with van der Waals surface area (Å²) < 4.78 is 0. The number of carbonyl (C=O) groups excluding carboxylic acids is 2. The van der Waals surface area contributed by atoms with E-state index in [4.69, 9.17) is 5.26 Å². The van der Waals surface area contributed by atoms with Gasteiger partial charge in [0.05, 0.1) is 11.6 Å². The van der Waals surface area contributed by atoms with Crippen molar-refractivity contribution in [1.82, 2.24) is 10.6 Å². The number of benzene rings is 1. The van der Waals surface area contributed by atoms with Gasteiger partial charge in [0.25, 0.3) is 0 Å². The van der Waals surface area contributed by atoms with E-state index in [0.717, 1.165) is 24.8 Å². The Hall–Kier alpha value is -2.35. The number of hydrogen-bond acceptors (Lipinski definition) is 3. The lowest BCUT2D eigenvalue weighted by molar-refractivity contribution is -0.149. The Kier molecular flexibility index (Phi) is 5.38. The van der Waals surface area contributed by atoms with E-state index in [-0.39, 0.29) is 23.1 Å². The van der Waals surface area contributed by atoms with Gasteiger partial charge >= 0.3 is 0 Å². The maximum Gasteiger partial charge on any atom is 0.243 e. The van der Waals surface area contributed by atoms with Crippen LogP contribution in [-0.2, 0) is 16.1 Å². The Morgan fingerprint density at radius 2 is 1.76 bits per heavy atom. The summed E-state index contributed by atoms with van der Waals surface area (Å²) in [6, 6.07) is 8.81. The molecule has 4 bridgehead atoms. The van der Waals surface area contributed by atoms with Crippen molar-refractivity contribution in [1.29, 1.82) is 5.26 Å². The van der Waals surface area contributed by atoms with Gasteiger partial charge in [-0.05, 0) is 79.9 Å². The van der Waals surface area contributed by atoms with Crippen molar-refractivity contribution >= 4 is 11.8 Å². The van der Waals surface area contributed by atoms with Crippen molar-refractivity contribution in [2.45, 2.75) is 65.0 Å². The van der Waals surface area contributed by atoms with Gasteiger partial charge in [0.15, 0.2) is 0 Å². The van der Waals surface area contributed by atoms with Crippen LogP contribution in [0.15, 0.2) is 24.3 Å². The van der Waals surface area contributed by atoms with Crippen LogP contribution in [0.25, 0.3) is 0 Å². The second-order valence-corrected chi connectivity index (χ2v) is 9.92. The Bertz CT molecular complexity index is 803. The van der Waals surface area contributed by atoms with Crippen LogP contribution in [0.5, 0.6) is 0 Å². The van der Waals surface area contributed by atoms with Crippen LogP contribution in [0.4, 0.5) is 0 Å². The van der Waals surface area contributed by atoms with Gasteiger partial charge in [-0.3, -0.25) is 9.59 Å². The van der Waals surface area contributed by atoms with E-state index in [1.165, 1.54) is 19.3 Å². The lowest BCUT2D eigenvalue weighted by atomic mass is 9.49. The summed E-state index contributed by atoms with van der Waals surface area (Å²) in [5.41, 5.74) is 1.21. The van der Waals surface area contributed by atoms with Crippen LogP contribution in [0.2, 0.25) is 0 Å². The summed E-state index contributed by atoms with van der Waals surface area (Å²) in [5.74, 6) is 2.05. The molecule has 1 aromatic rings. The Balaban J connectivity index is 1.40. The highest BCUT2D eigenvalue weighted by Crippen LogP contribution is 2.60. The van der Waals surface area contributed by atoms with Crippen molar-refractivity contribution in [3.63, 3.8) is 0 Å². The minimum atomic E-state index is -0.533. The minimum absolute atomic E-state index is 0.0123. The third-order valence-electron chi connectivity index (χ3n) is 7.28. The number of rotatable bonds is 6. The molecule has 5 rings (SSSR count). The first-order valence-electron chi connectivity index (χ1n) is 11.0. The van der Waals surface area contributed by atoms with Gasteiger partial charge in [0.2, 0.25) is 11.8 Å². The third kappa shape index (κ3) is 4.03. The molecule has 0 spiro atoms. The van der Waals surface area contributed by atoms with E-state index < -0.39 is 6.04 Å². The second kappa shape index (κ2) is 7.82. The molecule has 1 aromatic carbocycles. The van der Waals surface area contributed by atoms with Crippen LogP contribution in [0.1, 0.15) is 63.5 Å². The lowest BCUT2D eigenvalue weighted by Gasteiger charge is -2.55. The molecule has 1 atom stereocenters. The quantitative estimate of drug-likeness (QED) is 0.776. The van der Waals surface area contributed by atoms with Crippen LogP contribution in [0.3, 0.4) is 0 Å². The molecule has 0 radical (unpaired) electrons. The molecule has 154 valence electrons. The average Bonchev–Trinajstić information content (AvgIpc) is 2.69. The molecule has 29 heavy (non-hydrogen) atoms. The molecule has 5 nitrogen and oxygen atoms in total. The molecule has 2 amide bonds. The molecular weight excluding hydrogens is 362 g/mol. The van der Waals surface area contributed by atoms with Gasteiger partial charge < -0.3 is 10.6 Å². The van der Waals surface area contributed by atoms with Gasteiger partial charge in [-0.25, -0.2) is 0 Å². The summed E-state index contributed by atoms with van der Waals surface area (Å²) in [6.07, 6.45) is 6.88. The van der Waals surface area contributed by atoms with Crippen LogP contribution >= 0.6 is 0 Å². The number of nitrogens with one attached hydrogen (secondary N) is 2.